The number of hydrogen-bond acceptors (Lipinski definition) is 1. The van der Waals surface area contributed by atoms with Crippen LogP contribution in [0, 0.1) is 5.82 Å². The Morgan fingerprint density at radius 2 is 1.93 bits per heavy atom. The molecule has 0 fully saturated rings. The van der Waals surface area contributed by atoms with Crippen LogP contribution in [0.2, 0.25) is 5.02 Å². The monoisotopic (exact) mass is 241 g/mol. The first-order valence-electron chi connectivity index (χ1n) is 4.08. The van der Waals surface area contributed by atoms with E-state index in [1.807, 2.05) is 0 Å². The molecule has 0 amide bonds. The molecule has 84 valence electrons. The molecule has 6 heteroatoms. The first kappa shape index (κ1) is 12.3. The van der Waals surface area contributed by atoms with Crippen molar-refractivity contribution in [1.82, 2.24) is 0 Å². The Balaban J connectivity index is 3.13. The van der Waals surface area contributed by atoms with Crippen molar-refractivity contribution in [2.24, 2.45) is 5.73 Å². The molecular weight excluding hydrogens is 234 g/mol. The highest BCUT2D eigenvalue weighted by Gasteiger charge is 2.40. The van der Waals surface area contributed by atoms with Gasteiger partial charge >= 0.3 is 6.18 Å². The van der Waals surface area contributed by atoms with Crippen molar-refractivity contribution in [3.63, 3.8) is 0 Å². The SMILES string of the molecule is NCC(c1ccc(F)cc1Cl)C(F)(F)F. The topological polar surface area (TPSA) is 26.0 Å². The number of halogens is 5. The molecule has 1 unspecified atom stereocenters. The Bertz CT molecular complexity index is 350. The Kier molecular flexibility index (Phi) is 3.57. The summed E-state index contributed by atoms with van der Waals surface area (Å²) >= 11 is 5.51. The molecule has 1 aromatic carbocycles. The van der Waals surface area contributed by atoms with E-state index in [1.165, 1.54) is 0 Å². The zero-order valence-electron chi connectivity index (χ0n) is 7.48. The Morgan fingerprint density at radius 1 is 1.33 bits per heavy atom. The molecule has 1 nitrogen and oxygen atoms in total. The van der Waals surface area contributed by atoms with Crippen molar-refractivity contribution in [2.45, 2.75) is 12.1 Å². The summed E-state index contributed by atoms with van der Waals surface area (Å²) in [4.78, 5) is 0. The molecule has 0 heterocycles. The third kappa shape index (κ3) is 2.82. The van der Waals surface area contributed by atoms with Crippen molar-refractivity contribution in [3.8, 4) is 0 Å². The van der Waals surface area contributed by atoms with Gasteiger partial charge in [0.1, 0.15) is 5.82 Å². The maximum absolute atomic E-state index is 12.6. The first-order valence-corrected chi connectivity index (χ1v) is 4.45. The summed E-state index contributed by atoms with van der Waals surface area (Å²) < 4.78 is 50.0. The minimum Gasteiger partial charge on any atom is -0.330 e. The van der Waals surface area contributed by atoms with Gasteiger partial charge in [-0.2, -0.15) is 13.2 Å². The van der Waals surface area contributed by atoms with E-state index < -0.39 is 24.5 Å². The highest BCUT2D eigenvalue weighted by Crippen LogP contribution is 2.37. The van der Waals surface area contributed by atoms with Crippen LogP contribution in [-0.4, -0.2) is 12.7 Å². The van der Waals surface area contributed by atoms with E-state index in [-0.39, 0.29) is 10.6 Å². The summed E-state index contributed by atoms with van der Waals surface area (Å²) in [6, 6.07) is 2.77. The lowest BCUT2D eigenvalue weighted by atomic mass is 9.98. The van der Waals surface area contributed by atoms with Crippen LogP contribution in [-0.2, 0) is 0 Å². The number of hydrogen-bond donors (Lipinski definition) is 1. The number of alkyl halides is 3. The van der Waals surface area contributed by atoms with Crippen LogP contribution < -0.4 is 5.73 Å². The Morgan fingerprint density at radius 3 is 2.33 bits per heavy atom. The third-order valence-corrected chi connectivity index (χ3v) is 2.30. The van der Waals surface area contributed by atoms with Gasteiger partial charge in [0.05, 0.1) is 5.92 Å². The summed E-state index contributed by atoms with van der Waals surface area (Å²) in [6.07, 6.45) is -4.48. The molecule has 15 heavy (non-hydrogen) atoms. The van der Waals surface area contributed by atoms with Crippen molar-refractivity contribution in [2.75, 3.05) is 6.54 Å². The van der Waals surface area contributed by atoms with E-state index in [0.29, 0.717) is 0 Å². The van der Waals surface area contributed by atoms with Gasteiger partial charge in [-0.15, -0.1) is 0 Å². The number of nitrogens with two attached hydrogens (primary N) is 1. The fourth-order valence-corrected chi connectivity index (χ4v) is 1.52. The molecule has 0 saturated carbocycles. The summed E-state index contributed by atoms with van der Waals surface area (Å²) in [6.45, 7) is -0.616. The van der Waals surface area contributed by atoms with E-state index in [0.717, 1.165) is 18.2 Å². The summed E-state index contributed by atoms with van der Waals surface area (Å²) in [5.74, 6) is -2.53. The quantitative estimate of drug-likeness (QED) is 0.791. The second kappa shape index (κ2) is 4.37. The molecule has 0 spiro atoms. The van der Waals surface area contributed by atoms with Gasteiger partial charge in [0.25, 0.3) is 0 Å². The van der Waals surface area contributed by atoms with Gasteiger partial charge < -0.3 is 5.73 Å². The van der Waals surface area contributed by atoms with Crippen LogP contribution in [0.1, 0.15) is 11.5 Å². The average Bonchev–Trinajstić information content (AvgIpc) is 2.07. The largest absolute Gasteiger partial charge is 0.397 e. The third-order valence-electron chi connectivity index (χ3n) is 1.97. The normalized spacial score (nSPS) is 14.0. The van der Waals surface area contributed by atoms with Crippen molar-refractivity contribution < 1.29 is 17.6 Å². The zero-order valence-corrected chi connectivity index (χ0v) is 8.24. The van der Waals surface area contributed by atoms with Crippen molar-refractivity contribution in [1.29, 1.82) is 0 Å². The summed E-state index contributed by atoms with van der Waals surface area (Å²) in [5.41, 5.74) is 4.82. The fourth-order valence-electron chi connectivity index (χ4n) is 1.22. The predicted molar refractivity (Wildman–Crippen MR) is 49.3 cm³/mol. The van der Waals surface area contributed by atoms with Gasteiger partial charge in [-0.25, -0.2) is 4.39 Å². The molecule has 1 rings (SSSR count). The molecule has 0 radical (unpaired) electrons. The van der Waals surface area contributed by atoms with E-state index in [9.17, 15) is 17.6 Å². The second-order valence-electron chi connectivity index (χ2n) is 3.00. The Hall–Kier alpha value is -0.810. The van der Waals surface area contributed by atoms with Crippen LogP contribution in [0.25, 0.3) is 0 Å². The van der Waals surface area contributed by atoms with Crippen LogP contribution in [0.4, 0.5) is 17.6 Å². The van der Waals surface area contributed by atoms with Gasteiger partial charge in [-0.1, -0.05) is 17.7 Å². The lowest BCUT2D eigenvalue weighted by molar-refractivity contribution is -0.148. The van der Waals surface area contributed by atoms with Crippen LogP contribution in [0.5, 0.6) is 0 Å². The van der Waals surface area contributed by atoms with Crippen LogP contribution in [0.3, 0.4) is 0 Å². The average molecular weight is 242 g/mol. The van der Waals surface area contributed by atoms with E-state index >= 15 is 0 Å². The minimum absolute atomic E-state index is 0.201. The molecule has 2 N–H and O–H groups in total. The van der Waals surface area contributed by atoms with Crippen molar-refractivity contribution in [3.05, 3.63) is 34.6 Å². The molecular formula is C9H8ClF4N. The van der Waals surface area contributed by atoms with Gasteiger partial charge in [0, 0.05) is 11.6 Å². The van der Waals surface area contributed by atoms with E-state index in [1.54, 1.807) is 0 Å². The highest BCUT2D eigenvalue weighted by molar-refractivity contribution is 6.31. The maximum atomic E-state index is 12.6. The molecule has 0 aliphatic heterocycles. The van der Waals surface area contributed by atoms with Crippen LogP contribution in [0.15, 0.2) is 18.2 Å². The summed E-state index contributed by atoms with van der Waals surface area (Å²) in [7, 11) is 0. The molecule has 0 aliphatic rings. The number of benzene rings is 1. The predicted octanol–water partition coefficient (Wildman–Crippen LogP) is 3.08. The molecule has 0 aromatic heterocycles. The first-order chi connectivity index (χ1) is 6.86. The van der Waals surface area contributed by atoms with Crippen molar-refractivity contribution >= 4 is 11.6 Å². The van der Waals surface area contributed by atoms with Gasteiger partial charge in [-0.3, -0.25) is 0 Å². The van der Waals surface area contributed by atoms with Crippen LogP contribution >= 0.6 is 11.6 Å². The molecule has 0 saturated heterocycles. The smallest absolute Gasteiger partial charge is 0.330 e. The Labute approximate surface area is 88.8 Å². The molecule has 1 aromatic rings. The number of rotatable bonds is 2. The highest BCUT2D eigenvalue weighted by atomic mass is 35.5. The molecule has 0 aliphatic carbocycles. The minimum atomic E-state index is -4.48. The fraction of sp³-hybridized carbons (Fsp3) is 0.333. The molecule has 1 atom stereocenters. The second-order valence-corrected chi connectivity index (χ2v) is 3.40. The van der Waals surface area contributed by atoms with E-state index in [4.69, 9.17) is 17.3 Å². The van der Waals surface area contributed by atoms with Gasteiger partial charge in [0.2, 0.25) is 0 Å². The molecule has 0 bridgehead atoms. The maximum Gasteiger partial charge on any atom is 0.397 e. The lowest BCUT2D eigenvalue weighted by Gasteiger charge is -2.19. The summed E-state index contributed by atoms with van der Waals surface area (Å²) in [5, 5.41) is -0.261. The standard InChI is InChI=1S/C9H8ClF4N/c10-8-3-5(11)1-2-6(8)7(4-15)9(12,13)14/h1-3,7H,4,15H2. The van der Waals surface area contributed by atoms with Gasteiger partial charge in [-0.05, 0) is 17.7 Å². The zero-order chi connectivity index (χ0) is 11.6. The van der Waals surface area contributed by atoms with E-state index in [2.05, 4.69) is 0 Å². The van der Waals surface area contributed by atoms with Gasteiger partial charge in [0.15, 0.2) is 0 Å². The lowest BCUT2D eigenvalue weighted by Crippen LogP contribution is -2.28.